The van der Waals surface area contributed by atoms with Gasteiger partial charge in [0.15, 0.2) is 11.4 Å². The number of anilines is 2. The van der Waals surface area contributed by atoms with Crippen LogP contribution in [-0.2, 0) is 12.4 Å². The van der Waals surface area contributed by atoms with Crippen LogP contribution in [0.5, 0.6) is 0 Å². The molecule has 57 heavy (non-hydrogen) atoms. The molecule has 2 saturated heterocycles. The number of rotatable bonds is 5. The predicted molar refractivity (Wildman–Crippen MR) is 202 cm³/mol. The van der Waals surface area contributed by atoms with Crippen molar-refractivity contribution in [3.63, 3.8) is 0 Å². The molecule has 1 atom stereocenters. The molecule has 0 saturated carbocycles. The van der Waals surface area contributed by atoms with Crippen molar-refractivity contribution in [1.82, 2.24) is 55.2 Å². The number of halogens is 6. The Morgan fingerprint density at radius 1 is 0.702 bits per heavy atom. The summed E-state index contributed by atoms with van der Waals surface area (Å²) in [6.07, 6.45) is -1.86. The molecule has 6 aromatic heterocycles. The van der Waals surface area contributed by atoms with Gasteiger partial charge in [-0.3, -0.25) is 20.0 Å². The lowest BCUT2D eigenvalue weighted by Crippen LogP contribution is -2.44. The van der Waals surface area contributed by atoms with E-state index in [-0.39, 0.29) is 28.6 Å². The number of piperidine rings is 1. The number of hydrogen-bond donors (Lipinski definition) is 3. The maximum absolute atomic E-state index is 14.0. The van der Waals surface area contributed by atoms with Crippen LogP contribution in [0.15, 0.2) is 61.2 Å². The number of likely N-dealkylation sites (N-methyl/N-ethyl adjacent to an activating group) is 1. The molecule has 19 heteroatoms. The molecule has 13 nitrogen and oxygen atoms in total. The van der Waals surface area contributed by atoms with Crippen molar-refractivity contribution in [2.75, 3.05) is 56.1 Å². The van der Waals surface area contributed by atoms with Crippen LogP contribution in [0.4, 0.5) is 37.7 Å². The zero-order valence-electron chi connectivity index (χ0n) is 30.2. The van der Waals surface area contributed by atoms with Gasteiger partial charge in [0, 0.05) is 84.6 Å². The molecule has 292 valence electrons. The SMILES string of the molecule is CN1CCN(c2cc(-c3c[nH]nc3C(F)(F)F)nc3ccc4c(cnn4C4CCCN(c5cc(-c6c[nH]nc6C(F)(F)F)nc6ccc7[nH]ncc7c56)C4)c23)CC1. The zero-order valence-corrected chi connectivity index (χ0v) is 30.2. The average molecular weight is 786 g/mol. The first-order valence-corrected chi connectivity index (χ1v) is 18.4. The Hall–Kier alpha value is -6.24. The molecule has 2 aliphatic heterocycles. The summed E-state index contributed by atoms with van der Waals surface area (Å²) in [5, 5.41) is 27.1. The first-order chi connectivity index (χ1) is 27.4. The molecular formula is C38H33F6N13. The highest BCUT2D eigenvalue weighted by Crippen LogP contribution is 2.43. The lowest BCUT2D eigenvalue weighted by molar-refractivity contribution is -0.141. The summed E-state index contributed by atoms with van der Waals surface area (Å²) in [4.78, 5) is 16.0. The number of nitrogens with one attached hydrogen (secondary N) is 3. The lowest BCUT2D eigenvalue weighted by atomic mass is 10.0. The fourth-order valence-electron chi connectivity index (χ4n) is 8.46. The molecule has 10 rings (SSSR count). The molecule has 3 N–H and O–H groups in total. The van der Waals surface area contributed by atoms with Crippen molar-refractivity contribution in [1.29, 1.82) is 0 Å². The number of hydrogen-bond acceptors (Lipinski definition) is 9. The number of aromatic nitrogens is 10. The normalized spacial score (nSPS) is 17.6. The molecule has 0 radical (unpaired) electrons. The fourth-order valence-corrected chi connectivity index (χ4v) is 8.46. The van der Waals surface area contributed by atoms with Crippen LogP contribution < -0.4 is 9.80 Å². The number of H-pyrrole nitrogens is 3. The third-order valence-corrected chi connectivity index (χ3v) is 11.2. The Balaban J connectivity index is 1.08. The van der Waals surface area contributed by atoms with Gasteiger partial charge in [0.1, 0.15) is 0 Å². The first-order valence-electron chi connectivity index (χ1n) is 18.4. The summed E-state index contributed by atoms with van der Waals surface area (Å²) in [5.41, 5.74) is 2.11. The van der Waals surface area contributed by atoms with Gasteiger partial charge in [-0.25, -0.2) is 9.97 Å². The van der Waals surface area contributed by atoms with Crippen molar-refractivity contribution < 1.29 is 26.3 Å². The molecule has 0 spiro atoms. The van der Waals surface area contributed by atoms with Crippen LogP contribution in [0.25, 0.3) is 66.1 Å². The molecule has 2 aliphatic rings. The minimum Gasteiger partial charge on any atom is -0.369 e. The second kappa shape index (κ2) is 12.9. The van der Waals surface area contributed by atoms with Crippen LogP contribution in [0.1, 0.15) is 30.3 Å². The highest BCUT2D eigenvalue weighted by molar-refractivity contribution is 6.13. The standard InChI is InChI=1S/C38H33F6N13/c1-54-9-11-55(12-10-54)31-13-28(22-16-46-52-35(22)37(39,40)41)50-27-6-7-30-24(34(27)31)18-48-57(30)20-3-2-8-56(19-20)32-14-29(23-17-47-53-36(23)38(42,43)44)49-26-5-4-25-21(33(26)32)15-45-51-25/h4-7,13-18,20H,2-3,8-12,19H2,1H3,(H,45,51)(H,46,52)(H,47,53). The number of fused-ring (bicyclic) bond motifs is 6. The maximum atomic E-state index is 14.0. The number of aromatic amines is 3. The van der Waals surface area contributed by atoms with Crippen molar-refractivity contribution >= 4 is 55.0 Å². The Kier molecular flexibility index (Phi) is 7.97. The van der Waals surface area contributed by atoms with E-state index >= 15 is 0 Å². The van der Waals surface area contributed by atoms with Crippen LogP contribution in [-0.4, -0.2) is 102 Å². The smallest absolute Gasteiger partial charge is 0.369 e. The highest BCUT2D eigenvalue weighted by atomic mass is 19.4. The van der Waals surface area contributed by atoms with E-state index in [1.165, 1.54) is 12.4 Å². The van der Waals surface area contributed by atoms with Gasteiger partial charge in [0.25, 0.3) is 0 Å². The number of nitrogens with zero attached hydrogens (tertiary/aromatic N) is 10. The Morgan fingerprint density at radius 2 is 1.32 bits per heavy atom. The Bertz CT molecular complexity index is 2810. The second-order valence-electron chi connectivity index (χ2n) is 14.6. The van der Waals surface area contributed by atoms with Gasteiger partial charge in [-0.15, -0.1) is 0 Å². The summed E-state index contributed by atoms with van der Waals surface area (Å²) in [5.74, 6) is 0. The average Bonchev–Trinajstić information content (AvgIpc) is 4.03. The second-order valence-corrected chi connectivity index (χ2v) is 14.6. The number of alkyl halides is 6. The van der Waals surface area contributed by atoms with E-state index < -0.39 is 23.7 Å². The summed E-state index contributed by atoms with van der Waals surface area (Å²) in [6.45, 7) is 4.02. The van der Waals surface area contributed by atoms with Gasteiger partial charge in [0.2, 0.25) is 0 Å². The lowest BCUT2D eigenvalue weighted by Gasteiger charge is -2.36. The van der Waals surface area contributed by atoms with E-state index in [4.69, 9.17) is 10.1 Å². The third-order valence-electron chi connectivity index (χ3n) is 11.2. The molecular weight excluding hydrogens is 752 g/mol. The molecule has 0 aliphatic carbocycles. The third kappa shape index (κ3) is 5.89. The Morgan fingerprint density at radius 3 is 1.96 bits per heavy atom. The number of pyridine rings is 2. The van der Waals surface area contributed by atoms with Gasteiger partial charge in [0.05, 0.1) is 63.0 Å². The van der Waals surface area contributed by atoms with E-state index in [2.05, 4.69) is 50.3 Å². The van der Waals surface area contributed by atoms with Crippen molar-refractivity contribution in [3.05, 3.63) is 72.6 Å². The largest absolute Gasteiger partial charge is 0.435 e. The van der Waals surface area contributed by atoms with Gasteiger partial charge >= 0.3 is 12.4 Å². The van der Waals surface area contributed by atoms with Crippen LogP contribution in [0, 0.1) is 0 Å². The minimum atomic E-state index is -4.69. The van der Waals surface area contributed by atoms with E-state index in [1.54, 1.807) is 30.6 Å². The summed E-state index contributed by atoms with van der Waals surface area (Å²) in [7, 11) is 2.04. The van der Waals surface area contributed by atoms with E-state index in [0.717, 1.165) is 69.9 Å². The molecule has 2 aromatic carbocycles. The number of piperazine rings is 1. The number of benzene rings is 2. The monoisotopic (exact) mass is 785 g/mol. The van der Waals surface area contributed by atoms with Gasteiger partial charge < -0.3 is 14.7 Å². The van der Waals surface area contributed by atoms with Crippen LogP contribution in [0.3, 0.4) is 0 Å². The minimum absolute atomic E-state index is 0.125. The molecule has 1 unspecified atom stereocenters. The maximum Gasteiger partial charge on any atom is 0.435 e. The molecule has 0 bridgehead atoms. The fraction of sp³-hybridized carbons (Fsp3) is 0.316. The van der Waals surface area contributed by atoms with Crippen molar-refractivity contribution in [2.45, 2.75) is 31.2 Å². The van der Waals surface area contributed by atoms with E-state index in [9.17, 15) is 26.3 Å². The summed E-state index contributed by atoms with van der Waals surface area (Å²) < 4.78 is 86.0. The van der Waals surface area contributed by atoms with Crippen LogP contribution in [0.2, 0.25) is 0 Å². The van der Waals surface area contributed by atoms with Gasteiger partial charge in [-0.1, -0.05) is 0 Å². The molecule has 2 fully saturated rings. The molecule has 0 amide bonds. The van der Waals surface area contributed by atoms with Gasteiger partial charge in [-0.05, 0) is 56.3 Å². The van der Waals surface area contributed by atoms with E-state index in [0.29, 0.717) is 37.2 Å². The highest BCUT2D eigenvalue weighted by Gasteiger charge is 2.39. The first kappa shape index (κ1) is 35.2. The topological polar surface area (TPSA) is 139 Å². The summed E-state index contributed by atoms with van der Waals surface area (Å²) >= 11 is 0. The van der Waals surface area contributed by atoms with E-state index in [1.807, 2.05) is 29.9 Å². The van der Waals surface area contributed by atoms with Crippen molar-refractivity contribution in [2.24, 2.45) is 0 Å². The molecule has 8 aromatic rings. The van der Waals surface area contributed by atoms with Crippen molar-refractivity contribution in [3.8, 4) is 22.5 Å². The predicted octanol–water partition coefficient (Wildman–Crippen LogP) is 7.42. The van der Waals surface area contributed by atoms with Crippen LogP contribution >= 0.6 is 0 Å². The Labute approximate surface area is 318 Å². The zero-order chi connectivity index (χ0) is 39.2. The molecule has 8 heterocycles. The summed E-state index contributed by atoms with van der Waals surface area (Å²) in [6, 6.07) is 10.6. The van der Waals surface area contributed by atoms with Gasteiger partial charge in [-0.2, -0.15) is 46.7 Å². The quantitative estimate of drug-likeness (QED) is 0.152.